The van der Waals surface area contributed by atoms with Gasteiger partial charge >= 0.3 is 0 Å². The summed E-state index contributed by atoms with van der Waals surface area (Å²) in [5.74, 6) is -0.403. The SMILES string of the molecule is C.CC(=O)Nc1ccc(C(=O)Nc2ccc(C)cc2N)cc1. The lowest BCUT2D eigenvalue weighted by Gasteiger charge is -2.09. The minimum absolute atomic E-state index is 0. The highest BCUT2D eigenvalue weighted by Crippen LogP contribution is 2.20. The Morgan fingerprint density at radius 1 is 1.00 bits per heavy atom. The molecule has 0 bridgehead atoms. The van der Waals surface area contributed by atoms with E-state index in [1.54, 1.807) is 36.4 Å². The number of nitrogen functional groups attached to an aromatic ring is 1. The van der Waals surface area contributed by atoms with Gasteiger partial charge in [-0.3, -0.25) is 9.59 Å². The summed E-state index contributed by atoms with van der Waals surface area (Å²) in [6.45, 7) is 3.36. The Morgan fingerprint density at radius 2 is 1.64 bits per heavy atom. The topological polar surface area (TPSA) is 84.2 Å². The van der Waals surface area contributed by atoms with E-state index < -0.39 is 0 Å². The van der Waals surface area contributed by atoms with Gasteiger partial charge in [-0.1, -0.05) is 13.5 Å². The number of carbonyl (C=O) groups is 2. The Bertz CT molecular complexity index is 679. The summed E-state index contributed by atoms with van der Waals surface area (Å²) in [5.41, 5.74) is 9.14. The van der Waals surface area contributed by atoms with Crippen molar-refractivity contribution < 1.29 is 9.59 Å². The molecule has 0 saturated heterocycles. The van der Waals surface area contributed by atoms with Crippen molar-refractivity contribution in [3.8, 4) is 0 Å². The maximum Gasteiger partial charge on any atom is 0.255 e. The zero-order chi connectivity index (χ0) is 15.4. The number of anilines is 3. The highest BCUT2D eigenvalue weighted by Gasteiger charge is 2.08. The van der Waals surface area contributed by atoms with Crippen LogP contribution in [0, 0.1) is 6.92 Å². The molecule has 4 N–H and O–H groups in total. The fourth-order valence-corrected chi connectivity index (χ4v) is 1.90. The van der Waals surface area contributed by atoms with E-state index in [1.165, 1.54) is 6.92 Å². The van der Waals surface area contributed by atoms with Crippen LogP contribution in [0.2, 0.25) is 0 Å². The molecule has 5 nitrogen and oxygen atoms in total. The highest BCUT2D eigenvalue weighted by atomic mass is 16.2. The first-order chi connectivity index (χ1) is 9.95. The summed E-state index contributed by atoms with van der Waals surface area (Å²) < 4.78 is 0. The van der Waals surface area contributed by atoms with Gasteiger partial charge in [-0.05, 0) is 48.9 Å². The number of rotatable bonds is 3. The van der Waals surface area contributed by atoms with Crippen LogP contribution in [0.25, 0.3) is 0 Å². The van der Waals surface area contributed by atoms with Crippen LogP contribution in [-0.4, -0.2) is 11.8 Å². The largest absolute Gasteiger partial charge is 0.397 e. The molecule has 5 heteroatoms. The first-order valence-electron chi connectivity index (χ1n) is 6.51. The van der Waals surface area contributed by atoms with Crippen LogP contribution in [0.3, 0.4) is 0 Å². The van der Waals surface area contributed by atoms with Gasteiger partial charge in [0.05, 0.1) is 11.4 Å². The molecule has 2 rings (SSSR count). The van der Waals surface area contributed by atoms with Crippen LogP contribution in [0.4, 0.5) is 17.1 Å². The van der Waals surface area contributed by atoms with Gasteiger partial charge in [-0.2, -0.15) is 0 Å². The highest BCUT2D eigenvalue weighted by molar-refractivity contribution is 6.06. The first-order valence-corrected chi connectivity index (χ1v) is 6.51. The second-order valence-corrected chi connectivity index (χ2v) is 4.80. The first kappa shape index (κ1) is 17.2. The Kier molecular flexibility index (Phi) is 5.69. The summed E-state index contributed by atoms with van der Waals surface area (Å²) in [4.78, 5) is 23.1. The fraction of sp³-hybridized carbons (Fsp3) is 0.176. The predicted molar refractivity (Wildman–Crippen MR) is 91.0 cm³/mol. The second kappa shape index (κ2) is 7.26. The molecule has 0 spiro atoms. The third kappa shape index (κ3) is 4.34. The molecular formula is C17H21N3O2. The standard InChI is InChI=1S/C16H17N3O2.CH4/c1-10-3-8-15(14(17)9-10)19-16(21)12-4-6-13(7-5-12)18-11(2)20;/h3-9H,17H2,1-2H3,(H,18,20)(H,19,21);1H4. The van der Waals surface area contributed by atoms with Crippen LogP contribution in [-0.2, 0) is 4.79 Å². The van der Waals surface area contributed by atoms with Crippen LogP contribution in [0.5, 0.6) is 0 Å². The summed E-state index contributed by atoms with van der Waals surface area (Å²) in [6, 6.07) is 12.1. The third-order valence-corrected chi connectivity index (χ3v) is 2.92. The van der Waals surface area contributed by atoms with Crippen LogP contribution in [0.1, 0.15) is 30.3 Å². The number of hydrogen-bond donors (Lipinski definition) is 3. The number of hydrogen-bond acceptors (Lipinski definition) is 3. The third-order valence-electron chi connectivity index (χ3n) is 2.92. The van der Waals surface area contributed by atoms with E-state index >= 15 is 0 Å². The van der Waals surface area contributed by atoms with E-state index in [0.717, 1.165) is 5.56 Å². The Balaban J connectivity index is 0.00000242. The molecule has 22 heavy (non-hydrogen) atoms. The summed E-state index contributed by atoms with van der Waals surface area (Å²) in [5, 5.41) is 5.41. The lowest BCUT2D eigenvalue weighted by atomic mass is 10.1. The molecule has 0 aliphatic carbocycles. The van der Waals surface area contributed by atoms with Crippen molar-refractivity contribution in [3.05, 3.63) is 53.6 Å². The second-order valence-electron chi connectivity index (χ2n) is 4.80. The number of nitrogens with one attached hydrogen (secondary N) is 2. The molecule has 0 aliphatic rings. The van der Waals surface area contributed by atoms with Crippen molar-refractivity contribution in [2.24, 2.45) is 0 Å². The van der Waals surface area contributed by atoms with Crippen LogP contribution < -0.4 is 16.4 Å². The van der Waals surface area contributed by atoms with E-state index in [9.17, 15) is 9.59 Å². The quantitative estimate of drug-likeness (QED) is 0.759. The molecule has 0 radical (unpaired) electrons. The van der Waals surface area contributed by atoms with Crippen molar-refractivity contribution in [3.63, 3.8) is 0 Å². The van der Waals surface area contributed by atoms with E-state index in [-0.39, 0.29) is 19.2 Å². The fourth-order valence-electron chi connectivity index (χ4n) is 1.90. The molecule has 2 aromatic rings. The lowest BCUT2D eigenvalue weighted by molar-refractivity contribution is -0.114. The van der Waals surface area contributed by atoms with Crippen molar-refractivity contribution in [1.82, 2.24) is 0 Å². The summed E-state index contributed by atoms with van der Waals surface area (Å²) >= 11 is 0. The van der Waals surface area contributed by atoms with Gasteiger partial charge in [0.2, 0.25) is 5.91 Å². The molecule has 0 atom stereocenters. The number of carbonyl (C=O) groups excluding carboxylic acids is 2. The van der Waals surface area contributed by atoms with Crippen LogP contribution in [0.15, 0.2) is 42.5 Å². The normalized spacial score (nSPS) is 9.55. The van der Waals surface area contributed by atoms with Gasteiger partial charge in [-0.15, -0.1) is 0 Å². The number of aryl methyl sites for hydroxylation is 1. The Hall–Kier alpha value is -2.82. The average molecular weight is 299 g/mol. The van der Waals surface area contributed by atoms with Gasteiger partial charge in [-0.25, -0.2) is 0 Å². The molecule has 0 fully saturated rings. The molecule has 0 saturated carbocycles. The van der Waals surface area contributed by atoms with E-state index in [2.05, 4.69) is 10.6 Å². The van der Waals surface area contributed by atoms with Gasteiger partial charge in [0.25, 0.3) is 5.91 Å². The van der Waals surface area contributed by atoms with Crippen molar-refractivity contribution >= 4 is 28.9 Å². The maximum absolute atomic E-state index is 12.1. The minimum atomic E-state index is -0.250. The van der Waals surface area contributed by atoms with Crippen molar-refractivity contribution in [1.29, 1.82) is 0 Å². The summed E-state index contributed by atoms with van der Waals surface area (Å²) in [6.07, 6.45) is 0. The van der Waals surface area contributed by atoms with Gasteiger partial charge in [0.1, 0.15) is 0 Å². The predicted octanol–water partition coefficient (Wildman–Crippen LogP) is 3.42. The van der Waals surface area contributed by atoms with Gasteiger partial charge in [0.15, 0.2) is 0 Å². The van der Waals surface area contributed by atoms with E-state index in [1.807, 2.05) is 13.0 Å². The number of nitrogens with two attached hydrogens (primary N) is 1. The molecule has 2 aromatic carbocycles. The van der Waals surface area contributed by atoms with E-state index in [4.69, 9.17) is 5.73 Å². The monoisotopic (exact) mass is 299 g/mol. The van der Waals surface area contributed by atoms with Crippen LogP contribution >= 0.6 is 0 Å². The number of benzene rings is 2. The Labute approximate surface area is 130 Å². The molecule has 0 aromatic heterocycles. The van der Waals surface area contributed by atoms with Crippen molar-refractivity contribution in [2.75, 3.05) is 16.4 Å². The molecule has 116 valence electrons. The maximum atomic E-state index is 12.1. The zero-order valence-corrected chi connectivity index (χ0v) is 11.9. The minimum Gasteiger partial charge on any atom is -0.397 e. The molecule has 0 heterocycles. The van der Waals surface area contributed by atoms with E-state index in [0.29, 0.717) is 22.6 Å². The van der Waals surface area contributed by atoms with Gasteiger partial charge < -0.3 is 16.4 Å². The molecule has 0 aliphatic heterocycles. The zero-order valence-electron chi connectivity index (χ0n) is 11.9. The average Bonchev–Trinajstić information content (AvgIpc) is 2.42. The molecule has 0 unspecified atom stereocenters. The van der Waals surface area contributed by atoms with Crippen molar-refractivity contribution in [2.45, 2.75) is 21.3 Å². The molecule has 2 amide bonds. The lowest BCUT2D eigenvalue weighted by Crippen LogP contribution is -2.13. The summed E-state index contributed by atoms with van der Waals surface area (Å²) in [7, 11) is 0. The molecular weight excluding hydrogens is 278 g/mol. The number of amides is 2. The Morgan fingerprint density at radius 3 is 2.18 bits per heavy atom. The van der Waals surface area contributed by atoms with Gasteiger partial charge in [0, 0.05) is 18.2 Å². The smallest absolute Gasteiger partial charge is 0.255 e.